The van der Waals surface area contributed by atoms with Crippen LogP contribution >= 0.6 is 0 Å². The van der Waals surface area contributed by atoms with Crippen molar-refractivity contribution in [3.05, 3.63) is 0 Å². The van der Waals surface area contributed by atoms with Gasteiger partial charge in [0.1, 0.15) is 6.04 Å². The number of hydrogen-bond acceptors (Lipinski definition) is 4. The van der Waals surface area contributed by atoms with Crippen molar-refractivity contribution in [1.29, 1.82) is 0 Å². The monoisotopic (exact) mass is 243 g/mol. The van der Waals surface area contributed by atoms with Gasteiger partial charge in [-0.3, -0.25) is 9.59 Å². The Morgan fingerprint density at radius 2 is 2.18 bits per heavy atom. The highest BCUT2D eigenvalue weighted by Gasteiger charge is 2.39. The van der Waals surface area contributed by atoms with E-state index < -0.39 is 24.1 Å². The number of carbonyl (C=O) groups is 2. The van der Waals surface area contributed by atoms with E-state index >= 15 is 0 Å². The summed E-state index contributed by atoms with van der Waals surface area (Å²) in [6.07, 6.45) is 1.94. The summed E-state index contributed by atoms with van der Waals surface area (Å²) in [6, 6.07) is -1.33. The smallest absolute Gasteiger partial charge is 0.240 e. The SMILES string of the molecule is CCCCC(N)C(=O)N1CC(O)CC1C(N)=O. The van der Waals surface area contributed by atoms with Gasteiger partial charge in [0.25, 0.3) is 0 Å². The first-order valence-corrected chi connectivity index (χ1v) is 6.00. The molecule has 17 heavy (non-hydrogen) atoms. The van der Waals surface area contributed by atoms with Crippen molar-refractivity contribution in [1.82, 2.24) is 4.90 Å². The molecule has 0 radical (unpaired) electrons. The third-order valence-corrected chi connectivity index (χ3v) is 3.08. The molecule has 2 amide bonds. The van der Waals surface area contributed by atoms with E-state index in [2.05, 4.69) is 0 Å². The average molecular weight is 243 g/mol. The lowest BCUT2D eigenvalue weighted by molar-refractivity contribution is -0.138. The molecular weight excluding hydrogens is 222 g/mol. The number of hydrogen-bond donors (Lipinski definition) is 3. The number of unbranched alkanes of at least 4 members (excludes halogenated alkanes) is 1. The van der Waals surface area contributed by atoms with E-state index in [0.717, 1.165) is 12.8 Å². The van der Waals surface area contributed by atoms with Crippen molar-refractivity contribution in [2.24, 2.45) is 11.5 Å². The molecule has 6 heteroatoms. The van der Waals surface area contributed by atoms with Crippen LogP contribution in [-0.4, -0.2) is 46.6 Å². The molecule has 1 fully saturated rings. The fraction of sp³-hybridized carbons (Fsp3) is 0.818. The van der Waals surface area contributed by atoms with Gasteiger partial charge in [-0.1, -0.05) is 19.8 Å². The summed E-state index contributed by atoms with van der Waals surface area (Å²) in [5, 5.41) is 9.48. The van der Waals surface area contributed by atoms with Crippen LogP contribution in [0.2, 0.25) is 0 Å². The Morgan fingerprint density at radius 1 is 1.53 bits per heavy atom. The second kappa shape index (κ2) is 5.97. The van der Waals surface area contributed by atoms with Gasteiger partial charge >= 0.3 is 0 Å². The zero-order valence-electron chi connectivity index (χ0n) is 10.1. The van der Waals surface area contributed by atoms with Gasteiger partial charge in [0.05, 0.1) is 12.1 Å². The number of aliphatic hydroxyl groups is 1. The number of likely N-dealkylation sites (tertiary alicyclic amines) is 1. The Labute approximate surface area is 101 Å². The molecule has 0 spiro atoms. The standard InChI is InChI=1S/C11H21N3O3/c1-2-3-4-8(12)11(17)14-6-7(15)5-9(14)10(13)16/h7-9,15H,2-6,12H2,1H3,(H2,13,16). The summed E-state index contributed by atoms with van der Waals surface area (Å²) in [7, 11) is 0. The molecule has 0 aromatic carbocycles. The van der Waals surface area contributed by atoms with E-state index in [1.807, 2.05) is 6.92 Å². The van der Waals surface area contributed by atoms with E-state index in [9.17, 15) is 14.7 Å². The highest BCUT2D eigenvalue weighted by molar-refractivity contribution is 5.89. The maximum atomic E-state index is 12.0. The van der Waals surface area contributed by atoms with Gasteiger partial charge in [0.15, 0.2) is 0 Å². The number of β-amino-alcohol motifs (C(OH)–C–C–N with tert-alkyl or cyclic N) is 1. The van der Waals surface area contributed by atoms with Gasteiger partial charge in [0, 0.05) is 13.0 Å². The number of aliphatic hydroxyl groups excluding tert-OH is 1. The van der Waals surface area contributed by atoms with Crippen LogP contribution in [0.3, 0.4) is 0 Å². The van der Waals surface area contributed by atoms with Crippen LogP contribution in [0.4, 0.5) is 0 Å². The molecule has 1 rings (SSSR count). The van der Waals surface area contributed by atoms with Crippen molar-refractivity contribution in [3.8, 4) is 0 Å². The number of primary amides is 1. The van der Waals surface area contributed by atoms with Crippen molar-refractivity contribution in [2.75, 3.05) is 6.54 Å². The Kier molecular flexibility index (Phi) is 4.89. The summed E-state index contributed by atoms with van der Waals surface area (Å²) in [5.74, 6) is -0.878. The lowest BCUT2D eigenvalue weighted by atomic mass is 10.1. The van der Waals surface area contributed by atoms with E-state index in [0.29, 0.717) is 6.42 Å². The minimum Gasteiger partial charge on any atom is -0.391 e. The predicted octanol–water partition coefficient (Wildman–Crippen LogP) is -1.05. The van der Waals surface area contributed by atoms with Crippen molar-refractivity contribution in [2.45, 2.75) is 50.8 Å². The van der Waals surface area contributed by atoms with Gasteiger partial charge in [-0.05, 0) is 6.42 Å². The van der Waals surface area contributed by atoms with Gasteiger partial charge in [-0.2, -0.15) is 0 Å². The van der Waals surface area contributed by atoms with Crippen molar-refractivity contribution in [3.63, 3.8) is 0 Å². The molecule has 5 N–H and O–H groups in total. The Balaban J connectivity index is 2.63. The fourth-order valence-corrected chi connectivity index (χ4v) is 2.09. The number of carbonyl (C=O) groups excluding carboxylic acids is 2. The second-order valence-corrected chi connectivity index (χ2v) is 4.55. The zero-order chi connectivity index (χ0) is 13.0. The number of amides is 2. The van der Waals surface area contributed by atoms with Gasteiger partial charge in [0.2, 0.25) is 11.8 Å². The largest absolute Gasteiger partial charge is 0.391 e. The molecule has 3 unspecified atom stereocenters. The Morgan fingerprint density at radius 3 is 2.71 bits per heavy atom. The molecular formula is C11H21N3O3. The summed E-state index contributed by atoms with van der Waals surface area (Å²) in [5.41, 5.74) is 11.0. The molecule has 1 saturated heterocycles. The summed E-state index contributed by atoms with van der Waals surface area (Å²) in [6.45, 7) is 2.16. The number of nitrogens with two attached hydrogens (primary N) is 2. The Hall–Kier alpha value is -1.14. The normalized spacial score (nSPS) is 25.9. The van der Waals surface area contributed by atoms with Crippen LogP contribution < -0.4 is 11.5 Å². The summed E-state index contributed by atoms with van der Waals surface area (Å²) in [4.78, 5) is 24.5. The Bertz CT molecular complexity index is 296. The molecule has 98 valence electrons. The molecule has 3 atom stereocenters. The molecule has 0 saturated carbocycles. The average Bonchev–Trinajstić information content (AvgIpc) is 2.67. The van der Waals surface area contributed by atoms with E-state index in [-0.39, 0.29) is 18.9 Å². The second-order valence-electron chi connectivity index (χ2n) is 4.55. The van der Waals surface area contributed by atoms with Crippen LogP contribution in [0, 0.1) is 0 Å². The lowest BCUT2D eigenvalue weighted by Gasteiger charge is -2.25. The number of rotatable bonds is 5. The first kappa shape index (κ1) is 13.9. The van der Waals surface area contributed by atoms with Gasteiger partial charge in [-0.25, -0.2) is 0 Å². The van der Waals surface area contributed by atoms with Crippen LogP contribution in [0.5, 0.6) is 0 Å². The topological polar surface area (TPSA) is 110 Å². The van der Waals surface area contributed by atoms with E-state index in [4.69, 9.17) is 11.5 Å². The lowest BCUT2D eigenvalue weighted by Crippen LogP contribution is -2.50. The van der Waals surface area contributed by atoms with Crippen LogP contribution in [0.1, 0.15) is 32.6 Å². The van der Waals surface area contributed by atoms with E-state index in [1.165, 1.54) is 4.90 Å². The molecule has 0 aromatic rings. The highest BCUT2D eigenvalue weighted by atomic mass is 16.3. The molecule has 1 aliphatic heterocycles. The maximum absolute atomic E-state index is 12.0. The molecule has 6 nitrogen and oxygen atoms in total. The van der Waals surface area contributed by atoms with Gasteiger partial charge in [-0.15, -0.1) is 0 Å². The minimum absolute atomic E-state index is 0.145. The zero-order valence-corrected chi connectivity index (χ0v) is 10.1. The predicted molar refractivity (Wildman–Crippen MR) is 62.8 cm³/mol. The van der Waals surface area contributed by atoms with Crippen molar-refractivity contribution >= 4 is 11.8 Å². The van der Waals surface area contributed by atoms with Crippen LogP contribution in [0.25, 0.3) is 0 Å². The van der Waals surface area contributed by atoms with Crippen LogP contribution in [0.15, 0.2) is 0 Å². The van der Waals surface area contributed by atoms with Crippen molar-refractivity contribution < 1.29 is 14.7 Å². The molecule has 1 heterocycles. The van der Waals surface area contributed by atoms with E-state index in [1.54, 1.807) is 0 Å². The summed E-state index contributed by atoms with van der Waals surface area (Å²) < 4.78 is 0. The molecule has 0 bridgehead atoms. The summed E-state index contributed by atoms with van der Waals surface area (Å²) >= 11 is 0. The molecule has 0 aromatic heterocycles. The molecule has 1 aliphatic rings. The first-order chi connectivity index (χ1) is 7.97. The first-order valence-electron chi connectivity index (χ1n) is 6.00. The molecule has 0 aliphatic carbocycles. The maximum Gasteiger partial charge on any atom is 0.240 e. The fourth-order valence-electron chi connectivity index (χ4n) is 2.09. The third kappa shape index (κ3) is 3.41. The highest BCUT2D eigenvalue weighted by Crippen LogP contribution is 2.19. The van der Waals surface area contributed by atoms with Gasteiger partial charge < -0.3 is 21.5 Å². The minimum atomic E-state index is -0.717. The number of nitrogens with zero attached hydrogens (tertiary/aromatic N) is 1. The van der Waals surface area contributed by atoms with Crippen LogP contribution in [-0.2, 0) is 9.59 Å². The third-order valence-electron chi connectivity index (χ3n) is 3.08. The quantitative estimate of drug-likeness (QED) is 0.572.